The van der Waals surface area contributed by atoms with Crippen molar-refractivity contribution < 1.29 is 23.8 Å². The van der Waals surface area contributed by atoms with Gasteiger partial charge in [0, 0.05) is 18.7 Å². The molecule has 32 heavy (non-hydrogen) atoms. The van der Waals surface area contributed by atoms with Crippen molar-refractivity contribution in [1.82, 2.24) is 4.90 Å². The van der Waals surface area contributed by atoms with Gasteiger partial charge >= 0.3 is 0 Å². The lowest BCUT2D eigenvalue weighted by Gasteiger charge is -2.23. The Balaban J connectivity index is 1.80. The van der Waals surface area contributed by atoms with Crippen LogP contribution in [0.1, 0.15) is 43.4 Å². The standard InChI is InChI=1S/C26H27NO5/c1-16(2)31-15-7-14-27-23(21-13-12-17(3)32-21)22(25(29)26(27)30)24(28)20-11-6-9-18-8-4-5-10-19(18)20/h4-6,8-13,16,23,28H,7,14-15H2,1-3H3/b24-22-. The average Bonchev–Trinajstić information content (AvgIpc) is 3.31. The highest BCUT2D eigenvalue weighted by Gasteiger charge is 2.47. The van der Waals surface area contributed by atoms with Crippen molar-refractivity contribution in [3.05, 3.63) is 77.3 Å². The molecule has 1 amide bonds. The number of likely N-dealkylation sites (tertiary alicyclic amines) is 1. The van der Waals surface area contributed by atoms with E-state index in [1.807, 2.05) is 50.2 Å². The number of aliphatic hydroxyl groups is 1. The van der Waals surface area contributed by atoms with Crippen molar-refractivity contribution in [3.8, 4) is 0 Å². The zero-order valence-electron chi connectivity index (χ0n) is 18.5. The van der Waals surface area contributed by atoms with Crippen molar-refractivity contribution in [2.45, 2.75) is 39.3 Å². The molecule has 1 aliphatic heterocycles. The van der Waals surface area contributed by atoms with Crippen LogP contribution in [0, 0.1) is 6.92 Å². The Labute approximate surface area is 187 Å². The van der Waals surface area contributed by atoms with Gasteiger partial charge in [-0.25, -0.2) is 0 Å². The lowest BCUT2D eigenvalue weighted by molar-refractivity contribution is -0.140. The van der Waals surface area contributed by atoms with Gasteiger partial charge < -0.3 is 19.2 Å². The van der Waals surface area contributed by atoms with Crippen molar-refractivity contribution in [2.24, 2.45) is 0 Å². The molecule has 0 bridgehead atoms. The predicted octanol–water partition coefficient (Wildman–Crippen LogP) is 4.98. The predicted molar refractivity (Wildman–Crippen MR) is 122 cm³/mol. The summed E-state index contributed by atoms with van der Waals surface area (Å²) in [5.74, 6) is -0.429. The van der Waals surface area contributed by atoms with Gasteiger partial charge in [-0.15, -0.1) is 0 Å². The molecular weight excluding hydrogens is 406 g/mol. The van der Waals surface area contributed by atoms with Gasteiger partial charge in [0.15, 0.2) is 0 Å². The van der Waals surface area contributed by atoms with E-state index in [1.165, 1.54) is 4.90 Å². The van der Waals surface area contributed by atoms with Gasteiger partial charge in [-0.05, 0) is 50.1 Å². The molecule has 3 aromatic rings. The first-order chi connectivity index (χ1) is 15.4. The molecule has 0 saturated carbocycles. The summed E-state index contributed by atoms with van der Waals surface area (Å²) in [6, 6.07) is 15.9. The summed E-state index contributed by atoms with van der Waals surface area (Å²) in [5.41, 5.74) is 0.558. The van der Waals surface area contributed by atoms with E-state index in [2.05, 4.69) is 0 Å². The minimum Gasteiger partial charge on any atom is -0.507 e. The van der Waals surface area contributed by atoms with E-state index in [9.17, 15) is 14.7 Å². The van der Waals surface area contributed by atoms with Crippen molar-refractivity contribution in [1.29, 1.82) is 0 Å². The molecule has 0 spiro atoms. The van der Waals surface area contributed by atoms with Gasteiger partial charge in [0.1, 0.15) is 23.3 Å². The number of benzene rings is 2. The molecule has 1 atom stereocenters. The Morgan fingerprint density at radius 1 is 1.09 bits per heavy atom. The van der Waals surface area contributed by atoms with Gasteiger partial charge in [0.25, 0.3) is 11.7 Å². The summed E-state index contributed by atoms with van der Waals surface area (Å²) < 4.78 is 11.4. The fourth-order valence-electron chi connectivity index (χ4n) is 4.14. The van der Waals surface area contributed by atoms with E-state index >= 15 is 0 Å². The molecule has 1 aliphatic rings. The van der Waals surface area contributed by atoms with Crippen LogP contribution in [-0.2, 0) is 14.3 Å². The quantitative estimate of drug-likeness (QED) is 0.246. The summed E-state index contributed by atoms with van der Waals surface area (Å²) in [6.07, 6.45) is 0.649. The molecule has 6 nitrogen and oxygen atoms in total. The Kier molecular flexibility index (Phi) is 6.15. The van der Waals surface area contributed by atoms with Crippen LogP contribution in [0.4, 0.5) is 0 Å². The van der Waals surface area contributed by atoms with E-state index in [4.69, 9.17) is 9.15 Å². The number of Topliss-reactive ketones (excluding diaryl/α,β-unsaturated/α-hetero) is 1. The smallest absolute Gasteiger partial charge is 0.295 e. The maximum atomic E-state index is 13.1. The number of rotatable bonds is 7. The van der Waals surface area contributed by atoms with E-state index in [0.29, 0.717) is 36.7 Å². The second kappa shape index (κ2) is 9.01. The second-order valence-corrected chi connectivity index (χ2v) is 8.24. The molecule has 4 rings (SSSR count). The fraction of sp³-hybridized carbons (Fsp3) is 0.308. The number of hydrogen-bond donors (Lipinski definition) is 1. The molecule has 1 aromatic heterocycles. The van der Waals surface area contributed by atoms with Gasteiger partial charge in [-0.3, -0.25) is 9.59 Å². The number of amides is 1. The first-order valence-corrected chi connectivity index (χ1v) is 10.8. The van der Waals surface area contributed by atoms with Gasteiger partial charge in [0.2, 0.25) is 0 Å². The molecule has 2 aromatic carbocycles. The number of ketones is 1. The van der Waals surface area contributed by atoms with Crippen LogP contribution in [0.25, 0.3) is 16.5 Å². The topological polar surface area (TPSA) is 80.0 Å². The highest BCUT2D eigenvalue weighted by Crippen LogP contribution is 2.41. The first kappa shape index (κ1) is 21.8. The third-order valence-electron chi connectivity index (χ3n) is 5.61. The van der Waals surface area contributed by atoms with Crippen LogP contribution in [0.15, 0.2) is 64.6 Å². The van der Waals surface area contributed by atoms with Crippen LogP contribution >= 0.6 is 0 Å². The maximum Gasteiger partial charge on any atom is 0.295 e. The Bertz CT molecular complexity index is 1180. The number of aryl methyl sites for hydroxylation is 1. The van der Waals surface area contributed by atoms with Crippen molar-refractivity contribution in [3.63, 3.8) is 0 Å². The summed E-state index contributed by atoms with van der Waals surface area (Å²) in [6.45, 7) is 6.48. The Hall–Kier alpha value is -3.38. The monoisotopic (exact) mass is 433 g/mol. The molecule has 0 radical (unpaired) electrons. The molecule has 2 heterocycles. The van der Waals surface area contributed by atoms with Gasteiger partial charge in [-0.2, -0.15) is 0 Å². The van der Waals surface area contributed by atoms with Crippen molar-refractivity contribution >= 4 is 28.2 Å². The third-order valence-corrected chi connectivity index (χ3v) is 5.61. The molecule has 1 fully saturated rings. The molecule has 1 saturated heterocycles. The summed E-state index contributed by atoms with van der Waals surface area (Å²) in [5, 5.41) is 13.1. The minimum absolute atomic E-state index is 0.0467. The van der Waals surface area contributed by atoms with Gasteiger partial charge in [-0.1, -0.05) is 42.5 Å². The van der Waals surface area contributed by atoms with E-state index in [-0.39, 0.29) is 17.4 Å². The number of carbonyl (C=O) groups is 2. The van der Waals surface area contributed by atoms with Crippen LogP contribution in [0.5, 0.6) is 0 Å². The van der Waals surface area contributed by atoms with Crippen LogP contribution in [0.3, 0.4) is 0 Å². The molecule has 0 aliphatic carbocycles. The zero-order chi connectivity index (χ0) is 22.8. The molecular formula is C26H27NO5. The molecule has 166 valence electrons. The number of fused-ring (bicyclic) bond motifs is 1. The average molecular weight is 434 g/mol. The summed E-state index contributed by atoms with van der Waals surface area (Å²) in [7, 11) is 0. The SMILES string of the molecule is Cc1ccc(C2/C(=C(/O)c3cccc4ccccc34)C(=O)C(=O)N2CCCOC(C)C)o1. The van der Waals surface area contributed by atoms with Crippen LogP contribution in [-0.4, -0.2) is 41.0 Å². The van der Waals surface area contributed by atoms with E-state index < -0.39 is 17.7 Å². The normalized spacial score (nSPS) is 18.2. The van der Waals surface area contributed by atoms with E-state index in [0.717, 1.165) is 10.8 Å². The largest absolute Gasteiger partial charge is 0.507 e. The molecule has 1 unspecified atom stereocenters. The molecule has 1 N–H and O–H groups in total. The van der Waals surface area contributed by atoms with Crippen LogP contribution in [0.2, 0.25) is 0 Å². The highest BCUT2D eigenvalue weighted by molar-refractivity contribution is 6.46. The first-order valence-electron chi connectivity index (χ1n) is 10.8. The summed E-state index contributed by atoms with van der Waals surface area (Å²) in [4.78, 5) is 27.6. The maximum absolute atomic E-state index is 13.1. The number of hydrogen-bond acceptors (Lipinski definition) is 5. The Morgan fingerprint density at radius 3 is 2.56 bits per heavy atom. The zero-order valence-corrected chi connectivity index (χ0v) is 18.5. The number of carbonyl (C=O) groups excluding carboxylic acids is 2. The lowest BCUT2D eigenvalue weighted by atomic mass is 9.96. The summed E-state index contributed by atoms with van der Waals surface area (Å²) >= 11 is 0. The number of aliphatic hydroxyl groups excluding tert-OH is 1. The van der Waals surface area contributed by atoms with Crippen molar-refractivity contribution in [2.75, 3.05) is 13.2 Å². The third kappa shape index (κ3) is 4.06. The second-order valence-electron chi connectivity index (χ2n) is 8.24. The van der Waals surface area contributed by atoms with E-state index in [1.54, 1.807) is 25.1 Å². The number of furan rings is 1. The lowest BCUT2D eigenvalue weighted by Crippen LogP contribution is -2.31. The Morgan fingerprint density at radius 2 is 1.84 bits per heavy atom. The van der Waals surface area contributed by atoms with Crippen LogP contribution < -0.4 is 0 Å². The minimum atomic E-state index is -0.790. The highest BCUT2D eigenvalue weighted by atomic mass is 16.5. The molecule has 6 heteroatoms. The number of ether oxygens (including phenoxy) is 1. The fourth-order valence-corrected chi connectivity index (χ4v) is 4.14. The van der Waals surface area contributed by atoms with Gasteiger partial charge in [0.05, 0.1) is 11.7 Å². The number of nitrogens with zero attached hydrogens (tertiary/aromatic N) is 1.